The van der Waals surface area contributed by atoms with Crippen molar-refractivity contribution in [1.29, 1.82) is 0 Å². The first kappa shape index (κ1) is 9.63. The molecule has 0 radical (unpaired) electrons. The van der Waals surface area contributed by atoms with Crippen LogP contribution in [0.3, 0.4) is 0 Å². The number of aromatic nitrogens is 2. The summed E-state index contributed by atoms with van der Waals surface area (Å²) in [4.78, 5) is 24.4. The summed E-state index contributed by atoms with van der Waals surface area (Å²) in [5.74, 6) is -1.66. The summed E-state index contributed by atoms with van der Waals surface area (Å²) in [6.45, 7) is 0.479. The van der Waals surface area contributed by atoms with Crippen LogP contribution in [0.15, 0.2) is 6.33 Å². The fraction of sp³-hybridized carbons (Fsp3) is 0.500. The van der Waals surface area contributed by atoms with Gasteiger partial charge in [-0.05, 0) is 16.3 Å². The van der Waals surface area contributed by atoms with Crippen molar-refractivity contribution in [2.24, 2.45) is 5.92 Å². The van der Waals surface area contributed by atoms with Crippen molar-refractivity contribution >= 4 is 11.8 Å². The Kier molecular flexibility index (Phi) is 2.14. The van der Waals surface area contributed by atoms with Gasteiger partial charge in [0.1, 0.15) is 5.69 Å². The topological polar surface area (TPSA) is 98.3 Å². The summed E-state index contributed by atoms with van der Waals surface area (Å²) in [6.07, 6.45) is 2.08. The molecule has 0 aliphatic carbocycles. The molecule has 0 saturated heterocycles. The number of imidazole rings is 1. The van der Waals surface area contributed by atoms with E-state index < -0.39 is 16.8 Å². The fourth-order valence-electron chi connectivity index (χ4n) is 1.79. The van der Waals surface area contributed by atoms with Crippen LogP contribution < -0.4 is 0 Å². The van der Waals surface area contributed by atoms with Crippen LogP contribution in [0, 0.1) is 16.0 Å². The van der Waals surface area contributed by atoms with E-state index >= 15 is 0 Å². The molecule has 0 amide bonds. The van der Waals surface area contributed by atoms with Crippen molar-refractivity contribution in [3.8, 4) is 0 Å². The molecule has 80 valence electrons. The predicted octanol–water partition coefficient (Wildman–Crippen LogP) is 0.438. The Morgan fingerprint density at radius 3 is 3.07 bits per heavy atom. The maximum absolute atomic E-state index is 10.8. The molecule has 0 bridgehead atoms. The lowest BCUT2D eigenvalue weighted by Crippen LogP contribution is -2.25. The van der Waals surface area contributed by atoms with Gasteiger partial charge in [0.25, 0.3) is 0 Å². The van der Waals surface area contributed by atoms with Gasteiger partial charge in [-0.2, -0.15) is 0 Å². The minimum atomic E-state index is -0.906. The number of carboxylic acids is 1. The minimum Gasteiger partial charge on any atom is -0.481 e. The summed E-state index contributed by atoms with van der Waals surface area (Å²) in [7, 11) is 0. The number of carboxylic acid groups (broad SMARTS) is 1. The van der Waals surface area contributed by atoms with E-state index in [1.807, 2.05) is 0 Å². The van der Waals surface area contributed by atoms with E-state index in [-0.39, 0.29) is 12.2 Å². The van der Waals surface area contributed by atoms with Gasteiger partial charge in [-0.1, -0.05) is 0 Å². The standard InChI is InChI=1S/C8H9N3O4/c12-8(13)5-1-2-10-4-9-7(11(14)15)6(10)3-5/h4-5H,1-3H2,(H,12,13). The maximum atomic E-state index is 10.8. The van der Waals surface area contributed by atoms with Crippen molar-refractivity contribution in [3.63, 3.8) is 0 Å². The zero-order valence-corrected chi connectivity index (χ0v) is 7.79. The highest BCUT2D eigenvalue weighted by Gasteiger charge is 2.31. The van der Waals surface area contributed by atoms with Crippen molar-refractivity contribution in [2.75, 3.05) is 0 Å². The highest BCUT2D eigenvalue weighted by molar-refractivity contribution is 5.70. The van der Waals surface area contributed by atoms with Gasteiger partial charge in [-0.3, -0.25) is 4.79 Å². The molecule has 1 aromatic heterocycles. The Hall–Kier alpha value is -1.92. The Morgan fingerprint density at radius 1 is 1.73 bits per heavy atom. The average molecular weight is 211 g/mol. The second-order valence-corrected chi connectivity index (χ2v) is 3.49. The number of carbonyl (C=O) groups is 1. The van der Waals surface area contributed by atoms with E-state index in [9.17, 15) is 14.9 Å². The number of fused-ring (bicyclic) bond motifs is 1. The lowest BCUT2D eigenvalue weighted by Gasteiger charge is -2.18. The zero-order chi connectivity index (χ0) is 11.0. The van der Waals surface area contributed by atoms with E-state index in [4.69, 9.17) is 5.11 Å². The van der Waals surface area contributed by atoms with Crippen molar-refractivity contribution < 1.29 is 14.8 Å². The molecular formula is C8H9N3O4. The van der Waals surface area contributed by atoms with E-state index in [0.29, 0.717) is 18.7 Å². The Balaban J connectivity index is 2.34. The quantitative estimate of drug-likeness (QED) is 0.565. The minimum absolute atomic E-state index is 0.186. The normalized spacial score (nSPS) is 19.6. The summed E-state index contributed by atoms with van der Waals surface area (Å²) >= 11 is 0. The monoisotopic (exact) mass is 211 g/mol. The summed E-state index contributed by atoms with van der Waals surface area (Å²) in [5.41, 5.74) is 0.415. The van der Waals surface area contributed by atoms with Gasteiger partial charge in [-0.15, -0.1) is 0 Å². The number of hydrogen-bond acceptors (Lipinski definition) is 4. The van der Waals surface area contributed by atoms with Crippen LogP contribution in [0.2, 0.25) is 0 Å². The molecule has 1 aliphatic heterocycles. The van der Waals surface area contributed by atoms with Gasteiger partial charge in [0.2, 0.25) is 6.33 Å². The van der Waals surface area contributed by atoms with E-state index in [2.05, 4.69) is 4.98 Å². The van der Waals surface area contributed by atoms with Crippen LogP contribution in [-0.2, 0) is 17.8 Å². The van der Waals surface area contributed by atoms with Crippen LogP contribution in [0.1, 0.15) is 12.1 Å². The van der Waals surface area contributed by atoms with Crippen LogP contribution in [0.25, 0.3) is 0 Å². The molecule has 2 rings (SSSR count). The molecule has 0 aromatic carbocycles. The van der Waals surface area contributed by atoms with Crippen LogP contribution >= 0.6 is 0 Å². The maximum Gasteiger partial charge on any atom is 0.384 e. The lowest BCUT2D eigenvalue weighted by atomic mass is 9.96. The molecule has 1 aromatic rings. The van der Waals surface area contributed by atoms with E-state index in [1.165, 1.54) is 6.33 Å². The number of nitro groups is 1. The van der Waals surface area contributed by atoms with Gasteiger partial charge < -0.3 is 19.8 Å². The molecule has 1 atom stereocenters. The highest BCUT2D eigenvalue weighted by atomic mass is 16.6. The van der Waals surface area contributed by atoms with Gasteiger partial charge in [0.15, 0.2) is 0 Å². The molecule has 1 N–H and O–H groups in total. The fourth-order valence-corrected chi connectivity index (χ4v) is 1.79. The largest absolute Gasteiger partial charge is 0.481 e. The molecule has 1 unspecified atom stereocenters. The molecule has 0 saturated carbocycles. The molecule has 7 heteroatoms. The first-order chi connectivity index (χ1) is 7.09. The number of aliphatic carboxylic acids is 1. The van der Waals surface area contributed by atoms with Crippen LogP contribution in [-0.4, -0.2) is 25.6 Å². The Labute approximate surface area is 84.5 Å². The second kappa shape index (κ2) is 3.34. The summed E-state index contributed by atoms with van der Waals surface area (Å²) in [5, 5.41) is 19.4. The Bertz CT molecular complexity index is 426. The third-order valence-electron chi connectivity index (χ3n) is 2.60. The first-order valence-corrected chi connectivity index (χ1v) is 4.51. The van der Waals surface area contributed by atoms with Crippen LogP contribution in [0.5, 0.6) is 0 Å². The smallest absolute Gasteiger partial charge is 0.384 e. The van der Waals surface area contributed by atoms with Crippen molar-refractivity contribution in [3.05, 3.63) is 22.1 Å². The first-order valence-electron chi connectivity index (χ1n) is 4.51. The molecule has 0 spiro atoms. The summed E-state index contributed by atoms with van der Waals surface area (Å²) in [6, 6.07) is 0. The van der Waals surface area contributed by atoms with Gasteiger partial charge in [0, 0.05) is 13.0 Å². The number of hydrogen-bond donors (Lipinski definition) is 1. The third-order valence-corrected chi connectivity index (χ3v) is 2.60. The molecule has 15 heavy (non-hydrogen) atoms. The predicted molar refractivity (Wildman–Crippen MR) is 48.3 cm³/mol. The number of aryl methyl sites for hydroxylation is 1. The van der Waals surface area contributed by atoms with Crippen molar-refractivity contribution in [2.45, 2.75) is 19.4 Å². The zero-order valence-electron chi connectivity index (χ0n) is 7.79. The van der Waals surface area contributed by atoms with Crippen molar-refractivity contribution in [1.82, 2.24) is 9.55 Å². The third kappa shape index (κ3) is 1.56. The number of nitrogens with zero attached hydrogens (tertiary/aromatic N) is 3. The second-order valence-electron chi connectivity index (χ2n) is 3.49. The Morgan fingerprint density at radius 2 is 2.47 bits per heavy atom. The average Bonchev–Trinajstić information content (AvgIpc) is 2.59. The molecule has 0 fully saturated rings. The van der Waals surface area contributed by atoms with Gasteiger partial charge >= 0.3 is 11.8 Å². The highest BCUT2D eigenvalue weighted by Crippen LogP contribution is 2.26. The van der Waals surface area contributed by atoms with E-state index in [1.54, 1.807) is 4.57 Å². The van der Waals surface area contributed by atoms with Gasteiger partial charge in [-0.25, -0.2) is 0 Å². The molecule has 7 nitrogen and oxygen atoms in total. The SMILES string of the molecule is O=C(O)C1CCn2cnc([N+](=O)[O-])c2C1. The van der Waals surface area contributed by atoms with E-state index in [0.717, 1.165) is 0 Å². The summed E-state index contributed by atoms with van der Waals surface area (Å²) < 4.78 is 1.65. The molecule has 2 heterocycles. The van der Waals surface area contributed by atoms with Crippen LogP contribution in [0.4, 0.5) is 5.82 Å². The number of rotatable bonds is 2. The van der Waals surface area contributed by atoms with Gasteiger partial charge in [0.05, 0.1) is 5.92 Å². The molecular weight excluding hydrogens is 202 g/mol. The molecule has 1 aliphatic rings. The lowest BCUT2D eigenvalue weighted by molar-refractivity contribution is -0.390.